The fourth-order valence-electron chi connectivity index (χ4n) is 5.35. The van der Waals surface area contributed by atoms with E-state index in [2.05, 4.69) is 15.4 Å². The molecule has 0 spiro atoms. The number of amides is 2. The Labute approximate surface area is 275 Å². The van der Waals surface area contributed by atoms with Crippen LogP contribution in [-0.2, 0) is 0 Å². The van der Waals surface area contributed by atoms with Crippen LogP contribution in [0.4, 0.5) is 14.5 Å². The van der Waals surface area contributed by atoms with Crippen molar-refractivity contribution in [2.75, 3.05) is 18.4 Å². The van der Waals surface area contributed by atoms with E-state index in [0.717, 1.165) is 21.2 Å². The van der Waals surface area contributed by atoms with Gasteiger partial charge in [-0.05, 0) is 72.6 Å². The maximum Gasteiger partial charge on any atom is 0.284 e. The van der Waals surface area contributed by atoms with Crippen LogP contribution in [0.5, 0.6) is 11.5 Å². The Balaban J connectivity index is 1.07. The molecule has 1 atom stereocenters. The number of anilines is 1. The number of pyridine rings is 1. The highest BCUT2D eigenvalue weighted by Crippen LogP contribution is 2.40. The van der Waals surface area contributed by atoms with Gasteiger partial charge < -0.3 is 20.1 Å². The van der Waals surface area contributed by atoms with Gasteiger partial charge in [-0.3, -0.25) is 19.4 Å². The molecule has 2 N–H and O–H groups in total. The molecule has 1 aliphatic heterocycles. The van der Waals surface area contributed by atoms with Gasteiger partial charge in [0.2, 0.25) is 0 Å². The third-order valence-corrected chi connectivity index (χ3v) is 9.00. The molecule has 0 radical (unpaired) electrons. The number of carbonyl (C=O) groups is 2. The summed E-state index contributed by atoms with van der Waals surface area (Å²) in [5.41, 5.74) is 1.45. The molecule has 1 aliphatic rings. The number of carbonyl (C=O) groups excluding carboxylic acids is 2. The van der Waals surface area contributed by atoms with Crippen molar-refractivity contribution in [3.05, 3.63) is 130 Å². The Morgan fingerprint density at radius 1 is 0.938 bits per heavy atom. The summed E-state index contributed by atoms with van der Waals surface area (Å²) in [6, 6.07) is 20.9. The van der Waals surface area contributed by atoms with Crippen molar-refractivity contribution in [2.24, 2.45) is 0 Å². The highest BCUT2D eigenvalue weighted by atomic mass is 32.1. The van der Waals surface area contributed by atoms with Gasteiger partial charge in [-0.15, -0.1) is 11.3 Å². The monoisotopic (exact) mass is 665 g/mol. The van der Waals surface area contributed by atoms with E-state index in [0.29, 0.717) is 41.0 Å². The van der Waals surface area contributed by atoms with Crippen LogP contribution in [0.2, 0.25) is 0 Å². The molecule has 48 heavy (non-hydrogen) atoms. The number of fused-ring (bicyclic) bond motifs is 1. The van der Waals surface area contributed by atoms with Crippen LogP contribution in [0, 0.1) is 11.6 Å². The van der Waals surface area contributed by atoms with E-state index in [-0.39, 0.29) is 28.6 Å². The van der Waals surface area contributed by atoms with Crippen LogP contribution >= 0.6 is 11.3 Å². The average molecular weight is 666 g/mol. The molecule has 10 nitrogen and oxygen atoms in total. The van der Waals surface area contributed by atoms with E-state index in [4.69, 9.17) is 4.74 Å². The zero-order valence-corrected chi connectivity index (χ0v) is 25.8. The summed E-state index contributed by atoms with van der Waals surface area (Å²) >= 11 is 1.40. The zero-order chi connectivity index (χ0) is 33.4. The first-order chi connectivity index (χ1) is 23.2. The van der Waals surface area contributed by atoms with Crippen molar-refractivity contribution in [3.63, 3.8) is 0 Å². The molecule has 4 heterocycles. The number of β-amino-alcohol motifs (C(OH)–C–C–N with tert-alkyl or cyclic N) is 1. The fourth-order valence-corrected chi connectivity index (χ4v) is 6.42. The number of halogens is 2. The lowest BCUT2D eigenvalue weighted by atomic mass is 10.1. The number of nitrogens with one attached hydrogen (secondary N) is 1. The molecule has 6 aromatic rings. The number of aliphatic hydroxyl groups is 1. The SMILES string of the molecule is O=C(Nc1ccc(Oc2ccnc3cc(-c4ccc(C(=O)N5CCC(O)C5)cc4)sc23)c(F)c1)c1ccnn(-c2ccc(F)cc2)c1=O. The van der Waals surface area contributed by atoms with E-state index in [1.54, 1.807) is 29.3 Å². The second kappa shape index (κ2) is 12.8. The van der Waals surface area contributed by atoms with E-state index < -0.39 is 29.2 Å². The smallest absolute Gasteiger partial charge is 0.284 e. The van der Waals surface area contributed by atoms with Crippen molar-refractivity contribution >= 4 is 39.1 Å². The van der Waals surface area contributed by atoms with Gasteiger partial charge in [0.05, 0.1) is 22.0 Å². The lowest BCUT2D eigenvalue weighted by Crippen LogP contribution is -2.29. The second-order valence-corrected chi connectivity index (χ2v) is 12.1. The maximum absolute atomic E-state index is 15.3. The van der Waals surface area contributed by atoms with Gasteiger partial charge in [-0.25, -0.2) is 8.78 Å². The predicted octanol–water partition coefficient (Wildman–Crippen LogP) is 6.04. The minimum atomic E-state index is -0.777. The molecule has 240 valence electrons. The normalized spacial score (nSPS) is 14.3. The minimum absolute atomic E-state index is 0.0899. The summed E-state index contributed by atoms with van der Waals surface area (Å²) in [5.74, 6) is -1.85. The van der Waals surface area contributed by atoms with Crippen LogP contribution in [0.3, 0.4) is 0 Å². The van der Waals surface area contributed by atoms with Gasteiger partial charge >= 0.3 is 0 Å². The molecule has 2 amide bonds. The lowest BCUT2D eigenvalue weighted by molar-refractivity contribution is 0.0765. The van der Waals surface area contributed by atoms with Crippen molar-refractivity contribution < 1.29 is 28.2 Å². The molecule has 0 saturated carbocycles. The van der Waals surface area contributed by atoms with Gasteiger partial charge in [0, 0.05) is 53.7 Å². The summed E-state index contributed by atoms with van der Waals surface area (Å²) in [6.07, 6.45) is 2.91. The number of nitrogens with zero attached hydrogens (tertiary/aromatic N) is 4. The van der Waals surface area contributed by atoms with Crippen molar-refractivity contribution in [1.29, 1.82) is 0 Å². The number of benzene rings is 3. The van der Waals surface area contributed by atoms with Crippen LogP contribution in [-0.4, -0.2) is 55.8 Å². The standard InChI is InChI=1S/C35H25F2N5O5S/c36-22-5-8-24(9-6-22)42-35(46)26(11-15-39-42)33(44)40-23-7-10-29(27(37)17-23)47-30-12-14-38-28-18-31(48-32(28)30)20-1-3-21(4-2-20)34(45)41-16-13-25(43)19-41/h1-12,14-15,17-18,25,43H,13,16,19H2,(H,40,44). The second-order valence-electron chi connectivity index (χ2n) is 11.0. The molecule has 3 aromatic heterocycles. The molecule has 1 unspecified atom stereocenters. The number of hydrogen-bond donors (Lipinski definition) is 2. The highest BCUT2D eigenvalue weighted by Gasteiger charge is 2.25. The Morgan fingerprint density at radius 2 is 1.73 bits per heavy atom. The summed E-state index contributed by atoms with van der Waals surface area (Å²) in [4.78, 5) is 45.6. The molecule has 0 bridgehead atoms. The Hall–Kier alpha value is -5.79. The topological polar surface area (TPSA) is 127 Å². The van der Waals surface area contributed by atoms with Crippen LogP contribution in [0.1, 0.15) is 27.1 Å². The minimum Gasteiger partial charge on any atom is -0.453 e. The molecular weight excluding hydrogens is 640 g/mol. The maximum atomic E-state index is 15.3. The Bertz CT molecular complexity index is 2240. The number of thiophene rings is 1. The first-order valence-corrected chi connectivity index (χ1v) is 15.6. The third kappa shape index (κ3) is 6.16. The number of hydrogen-bond acceptors (Lipinski definition) is 8. The Kier molecular flexibility index (Phi) is 8.21. The largest absolute Gasteiger partial charge is 0.453 e. The molecule has 0 aliphatic carbocycles. The van der Waals surface area contributed by atoms with Crippen LogP contribution in [0.15, 0.2) is 102 Å². The van der Waals surface area contributed by atoms with Crippen molar-refractivity contribution in [3.8, 4) is 27.6 Å². The van der Waals surface area contributed by atoms with Crippen molar-refractivity contribution in [1.82, 2.24) is 19.7 Å². The van der Waals surface area contributed by atoms with Gasteiger partial charge in [0.1, 0.15) is 17.1 Å². The number of ether oxygens (including phenoxy) is 1. The number of rotatable bonds is 7. The Morgan fingerprint density at radius 3 is 2.46 bits per heavy atom. The number of likely N-dealkylation sites (tertiary alicyclic amines) is 1. The van der Waals surface area contributed by atoms with Gasteiger partial charge in [0.25, 0.3) is 17.4 Å². The van der Waals surface area contributed by atoms with E-state index in [1.165, 1.54) is 60.0 Å². The third-order valence-electron chi connectivity index (χ3n) is 7.81. The molecule has 1 saturated heterocycles. The van der Waals surface area contributed by atoms with E-state index in [1.807, 2.05) is 18.2 Å². The highest BCUT2D eigenvalue weighted by molar-refractivity contribution is 7.22. The lowest BCUT2D eigenvalue weighted by Gasteiger charge is -2.15. The molecule has 13 heteroatoms. The fraction of sp³-hybridized carbons (Fsp3) is 0.114. The first kappa shape index (κ1) is 30.8. The molecule has 7 rings (SSSR count). The molecular formula is C35H25F2N5O5S. The van der Waals surface area contributed by atoms with Crippen molar-refractivity contribution in [2.45, 2.75) is 12.5 Å². The predicted molar refractivity (Wildman–Crippen MR) is 176 cm³/mol. The molecule has 1 fully saturated rings. The van der Waals surface area contributed by atoms with E-state index in [9.17, 15) is 23.9 Å². The number of aliphatic hydroxyl groups excluding tert-OH is 1. The summed E-state index contributed by atoms with van der Waals surface area (Å²) in [7, 11) is 0. The summed E-state index contributed by atoms with van der Waals surface area (Å²) in [6.45, 7) is 0.857. The van der Waals surface area contributed by atoms with Gasteiger partial charge in [-0.2, -0.15) is 9.78 Å². The van der Waals surface area contributed by atoms with Crippen LogP contribution in [0.25, 0.3) is 26.3 Å². The number of aromatic nitrogens is 3. The zero-order valence-electron chi connectivity index (χ0n) is 25.0. The quantitative estimate of drug-likeness (QED) is 0.213. The van der Waals surface area contributed by atoms with E-state index >= 15 is 4.39 Å². The molecule has 3 aromatic carbocycles. The van der Waals surface area contributed by atoms with Gasteiger partial charge in [-0.1, -0.05) is 12.1 Å². The summed E-state index contributed by atoms with van der Waals surface area (Å²) in [5, 5.41) is 16.2. The van der Waals surface area contributed by atoms with Crippen LogP contribution < -0.4 is 15.6 Å². The first-order valence-electron chi connectivity index (χ1n) is 14.8. The van der Waals surface area contributed by atoms with Gasteiger partial charge in [0.15, 0.2) is 11.6 Å². The average Bonchev–Trinajstić information content (AvgIpc) is 3.73. The summed E-state index contributed by atoms with van der Waals surface area (Å²) < 4.78 is 36.2.